The standard InChI is InChI=1S/C13H18F5N3OS/c1-20(2)11-3-4-21(8-11)13(22)9-5-10(19)7-12(6-9)23(14,15,16,17)18/h5-7,11H,3-4,8,19H2,1-2H3/t11-/m1/s1. The minimum atomic E-state index is -9.89. The number of halogens is 5. The lowest BCUT2D eigenvalue weighted by Gasteiger charge is -2.40. The van der Waals surface area contributed by atoms with E-state index in [9.17, 15) is 24.2 Å². The fourth-order valence-electron chi connectivity index (χ4n) is 2.50. The monoisotopic (exact) mass is 359 g/mol. The number of benzene rings is 1. The molecule has 2 rings (SSSR count). The number of nitrogens with two attached hydrogens (primary N) is 1. The van der Waals surface area contributed by atoms with Gasteiger partial charge in [0.25, 0.3) is 5.91 Å². The molecule has 10 heteroatoms. The van der Waals surface area contributed by atoms with E-state index in [0.29, 0.717) is 19.5 Å². The van der Waals surface area contributed by atoms with Crippen LogP contribution in [0.3, 0.4) is 0 Å². The molecule has 4 nitrogen and oxygen atoms in total. The second kappa shape index (κ2) is 4.73. The number of likely N-dealkylation sites (tertiary alicyclic amines) is 1. The van der Waals surface area contributed by atoms with Crippen molar-refractivity contribution in [2.24, 2.45) is 0 Å². The molecule has 0 unspecified atom stereocenters. The zero-order valence-electron chi connectivity index (χ0n) is 12.6. The maximum atomic E-state index is 12.9. The highest BCUT2D eigenvalue weighted by molar-refractivity contribution is 8.45. The highest BCUT2D eigenvalue weighted by atomic mass is 32.5. The third-order valence-electron chi connectivity index (χ3n) is 3.80. The molecule has 0 bridgehead atoms. The number of likely N-dealkylation sites (N-methyl/N-ethyl adjacent to an activating group) is 1. The predicted molar refractivity (Wildman–Crippen MR) is 80.2 cm³/mol. The SMILES string of the molecule is CN(C)[C@@H]1CCN(C(=O)c2cc(N)cc(S(F)(F)(F)(F)F)c2)C1. The van der Waals surface area contributed by atoms with Crippen molar-refractivity contribution >= 4 is 21.8 Å². The molecule has 0 aromatic heterocycles. The van der Waals surface area contributed by atoms with Gasteiger partial charge in [-0.1, -0.05) is 19.4 Å². The molecule has 1 amide bonds. The first-order chi connectivity index (χ1) is 10.2. The Morgan fingerprint density at radius 3 is 2.30 bits per heavy atom. The Labute approximate surface area is 130 Å². The van der Waals surface area contributed by atoms with E-state index >= 15 is 0 Å². The normalized spacial score (nSPS) is 22.1. The summed E-state index contributed by atoms with van der Waals surface area (Å²) in [5, 5.41) is 0. The Morgan fingerprint density at radius 2 is 1.83 bits per heavy atom. The van der Waals surface area contributed by atoms with Gasteiger partial charge in [-0.3, -0.25) is 4.79 Å². The molecule has 132 valence electrons. The quantitative estimate of drug-likeness (QED) is 0.661. The molecule has 1 fully saturated rings. The first-order valence-corrected chi connectivity index (χ1v) is 8.73. The van der Waals surface area contributed by atoms with Crippen molar-refractivity contribution in [3.8, 4) is 0 Å². The van der Waals surface area contributed by atoms with Crippen LogP contribution in [0.1, 0.15) is 16.8 Å². The van der Waals surface area contributed by atoms with Crippen molar-refractivity contribution in [2.45, 2.75) is 17.4 Å². The van der Waals surface area contributed by atoms with Gasteiger partial charge in [-0.25, -0.2) is 0 Å². The number of carbonyl (C=O) groups is 1. The Balaban J connectivity index is 2.35. The fraction of sp³-hybridized carbons (Fsp3) is 0.462. The van der Waals surface area contributed by atoms with E-state index in [1.165, 1.54) is 4.90 Å². The molecule has 23 heavy (non-hydrogen) atoms. The molecular formula is C13H18F5N3OS. The third-order valence-corrected chi connectivity index (χ3v) is 4.93. The molecule has 0 saturated carbocycles. The minimum Gasteiger partial charge on any atom is -0.399 e. The lowest BCUT2D eigenvalue weighted by atomic mass is 10.2. The minimum absolute atomic E-state index is 0.0788. The van der Waals surface area contributed by atoms with E-state index in [1.54, 1.807) is 0 Å². The summed E-state index contributed by atoms with van der Waals surface area (Å²) in [4.78, 5) is 13.4. The summed E-state index contributed by atoms with van der Waals surface area (Å²) in [6.07, 6.45) is 0.662. The van der Waals surface area contributed by atoms with Gasteiger partial charge >= 0.3 is 10.2 Å². The van der Waals surface area contributed by atoms with E-state index in [2.05, 4.69) is 0 Å². The van der Waals surface area contributed by atoms with Crippen molar-refractivity contribution in [3.63, 3.8) is 0 Å². The van der Waals surface area contributed by atoms with Crippen LogP contribution < -0.4 is 5.73 Å². The molecule has 1 heterocycles. The largest absolute Gasteiger partial charge is 0.399 e. The Morgan fingerprint density at radius 1 is 1.22 bits per heavy atom. The summed E-state index contributed by atoms with van der Waals surface area (Å²) < 4.78 is 64.6. The lowest BCUT2D eigenvalue weighted by Crippen LogP contribution is -2.34. The van der Waals surface area contributed by atoms with Gasteiger partial charge < -0.3 is 15.5 Å². The van der Waals surface area contributed by atoms with Gasteiger partial charge in [0.15, 0.2) is 0 Å². The van der Waals surface area contributed by atoms with E-state index in [0.717, 1.165) is 6.07 Å². The van der Waals surface area contributed by atoms with E-state index in [1.807, 2.05) is 19.0 Å². The first kappa shape index (κ1) is 17.8. The molecule has 0 aliphatic carbocycles. The molecule has 1 aromatic carbocycles. The fourth-order valence-corrected chi connectivity index (χ4v) is 3.21. The van der Waals surface area contributed by atoms with E-state index < -0.39 is 32.3 Å². The molecule has 0 spiro atoms. The van der Waals surface area contributed by atoms with Crippen molar-refractivity contribution in [3.05, 3.63) is 23.8 Å². The van der Waals surface area contributed by atoms with Crippen LogP contribution in [0.4, 0.5) is 25.1 Å². The van der Waals surface area contributed by atoms with Crippen LogP contribution in [0.15, 0.2) is 23.1 Å². The molecular weight excluding hydrogens is 341 g/mol. The molecule has 1 aliphatic heterocycles. The second-order valence-electron chi connectivity index (χ2n) is 5.92. The summed E-state index contributed by atoms with van der Waals surface area (Å²) in [7, 11) is -6.24. The van der Waals surface area contributed by atoms with Gasteiger partial charge in [0.1, 0.15) is 4.90 Å². The number of rotatable bonds is 3. The number of amides is 1. The smallest absolute Gasteiger partial charge is 0.310 e. The van der Waals surface area contributed by atoms with E-state index in [4.69, 9.17) is 5.73 Å². The van der Waals surface area contributed by atoms with Crippen LogP contribution in [-0.4, -0.2) is 48.9 Å². The third kappa shape index (κ3) is 4.05. The van der Waals surface area contributed by atoms with Crippen LogP contribution in [0.2, 0.25) is 0 Å². The van der Waals surface area contributed by atoms with Crippen molar-refractivity contribution in [1.29, 1.82) is 0 Å². The molecule has 2 N–H and O–H groups in total. The summed E-state index contributed by atoms with van der Waals surface area (Å²) in [5.41, 5.74) is 4.29. The van der Waals surface area contributed by atoms with Crippen LogP contribution in [0.5, 0.6) is 0 Å². The molecule has 0 radical (unpaired) electrons. The van der Waals surface area contributed by atoms with Crippen LogP contribution in [0.25, 0.3) is 0 Å². The Hall–Kier alpha value is -1.55. The summed E-state index contributed by atoms with van der Waals surface area (Å²) in [6, 6.07) is 1.40. The van der Waals surface area contributed by atoms with Gasteiger partial charge in [-0.05, 0) is 38.7 Å². The topological polar surface area (TPSA) is 49.6 Å². The molecule has 1 atom stereocenters. The highest BCUT2D eigenvalue weighted by Crippen LogP contribution is 3.02. The molecule has 1 aliphatic rings. The van der Waals surface area contributed by atoms with E-state index in [-0.39, 0.29) is 18.2 Å². The molecule has 1 saturated heterocycles. The summed E-state index contributed by atoms with van der Waals surface area (Å²) >= 11 is 0. The van der Waals surface area contributed by atoms with Gasteiger partial charge in [-0.2, -0.15) is 0 Å². The first-order valence-electron chi connectivity index (χ1n) is 6.78. The van der Waals surface area contributed by atoms with Gasteiger partial charge in [0.2, 0.25) is 0 Å². The number of carbonyl (C=O) groups excluding carboxylic acids is 1. The number of hydrogen-bond acceptors (Lipinski definition) is 3. The van der Waals surface area contributed by atoms with Crippen LogP contribution in [0, 0.1) is 0 Å². The Kier molecular flexibility index (Phi) is 3.66. The zero-order valence-corrected chi connectivity index (χ0v) is 13.4. The van der Waals surface area contributed by atoms with Crippen LogP contribution >= 0.6 is 10.2 Å². The van der Waals surface area contributed by atoms with Gasteiger partial charge in [0.05, 0.1) is 0 Å². The number of anilines is 1. The lowest BCUT2D eigenvalue weighted by molar-refractivity contribution is 0.0783. The van der Waals surface area contributed by atoms with Crippen molar-refractivity contribution in [2.75, 3.05) is 32.9 Å². The maximum absolute atomic E-state index is 12.9. The zero-order chi connectivity index (χ0) is 17.7. The molecule has 1 aromatic rings. The number of nitrogen functional groups attached to an aromatic ring is 1. The van der Waals surface area contributed by atoms with Crippen molar-refractivity contribution in [1.82, 2.24) is 9.80 Å². The second-order valence-corrected chi connectivity index (χ2v) is 8.33. The van der Waals surface area contributed by atoms with Gasteiger partial charge in [0, 0.05) is 30.4 Å². The summed E-state index contributed by atoms with van der Waals surface area (Å²) in [6.45, 7) is 0.675. The van der Waals surface area contributed by atoms with Crippen LogP contribution in [-0.2, 0) is 0 Å². The average molecular weight is 359 g/mol. The number of hydrogen-bond donors (Lipinski definition) is 1. The average Bonchev–Trinajstić information content (AvgIpc) is 2.84. The van der Waals surface area contributed by atoms with Crippen molar-refractivity contribution < 1.29 is 24.2 Å². The Bertz CT molecular complexity index is 647. The van der Waals surface area contributed by atoms with Gasteiger partial charge in [-0.15, -0.1) is 0 Å². The predicted octanol–water partition coefficient (Wildman–Crippen LogP) is 3.70. The number of nitrogens with zero attached hydrogens (tertiary/aromatic N) is 2. The highest BCUT2D eigenvalue weighted by Gasteiger charge is 2.65. The maximum Gasteiger partial charge on any atom is 0.310 e. The summed E-state index contributed by atoms with van der Waals surface area (Å²) in [5.74, 6) is -0.732.